The summed E-state index contributed by atoms with van der Waals surface area (Å²) in [6, 6.07) is 11.2. The topological polar surface area (TPSA) is 86.9 Å². The van der Waals surface area contributed by atoms with Crippen molar-refractivity contribution in [3.63, 3.8) is 0 Å². The third-order valence-corrected chi connectivity index (χ3v) is 5.06. The molecule has 0 radical (unpaired) electrons. The summed E-state index contributed by atoms with van der Waals surface area (Å²) in [5.41, 5.74) is 2.42. The number of carbonyl (C=O) groups is 1. The van der Waals surface area contributed by atoms with Crippen molar-refractivity contribution in [3.05, 3.63) is 76.6 Å². The molecular weight excluding hydrogens is 403 g/mol. The normalized spacial score (nSPS) is 12.3. The molecule has 156 valence electrons. The third-order valence-electron chi connectivity index (χ3n) is 5.06. The summed E-state index contributed by atoms with van der Waals surface area (Å²) in [7, 11) is 0. The minimum Gasteiger partial charge on any atom is -0.454 e. The van der Waals surface area contributed by atoms with Crippen LogP contribution in [0.15, 0.2) is 59.7 Å². The summed E-state index contributed by atoms with van der Waals surface area (Å²) in [6.45, 7) is 1.72. The maximum atomic E-state index is 13.4. The SMILES string of the molecule is Cc1ccc(F)cc1NC(=O)Cn1ccn2nc(-c3ccc4c(c3)OCO4)cc2c1=O. The molecule has 9 heteroatoms. The molecule has 0 aliphatic carbocycles. The van der Waals surface area contributed by atoms with Crippen molar-refractivity contribution in [2.75, 3.05) is 12.1 Å². The summed E-state index contributed by atoms with van der Waals surface area (Å²) in [6.07, 6.45) is 3.09. The van der Waals surface area contributed by atoms with Crippen LogP contribution in [0.25, 0.3) is 16.8 Å². The number of nitrogens with zero attached hydrogens (tertiary/aromatic N) is 3. The van der Waals surface area contributed by atoms with E-state index in [1.165, 1.54) is 27.4 Å². The van der Waals surface area contributed by atoms with E-state index in [9.17, 15) is 14.0 Å². The Bertz CT molecular complexity index is 1390. The molecule has 8 nitrogen and oxygen atoms in total. The van der Waals surface area contributed by atoms with Gasteiger partial charge in [-0.05, 0) is 48.9 Å². The molecule has 0 bridgehead atoms. The summed E-state index contributed by atoms with van der Waals surface area (Å²) in [5.74, 6) is 0.399. The van der Waals surface area contributed by atoms with Crippen LogP contribution in [0.1, 0.15) is 5.56 Å². The molecule has 0 saturated heterocycles. The summed E-state index contributed by atoms with van der Waals surface area (Å²) < 4.78 is 26.9. The Morgan fingerprint density at radius 1 is 1.13 bits per heavy atom. The Hall–Kier alpha value is -4.14. The standard InChI is InChI=1S/C22H17FN4O4/c1-13-2-4-15(23)9-16(13)24-21(28)11-26-6-7-27-18(22(26)29)10-17(25-27)14-3-5-19-20(8-14)31-12-30-19/h2-10H,11-12H2,1H3,(H,24,28). The van der Waals surface area contributed by atoms with Gasteiger partial charge in [-0.15, -0.1) is 0 Å². The van der Waals surface area contributed by atoms with Crippen LogP contribution in [-0.2, 0) is 11.3 Å². The highest BCUT2D eigenvalue weighted by molar-refractivity contribution is 5.91. The number of ether oxygens (including phenoxy) is 2. The van der Waals surface area contributed by atoms with Crippen LogP contribution in [0, 0.1) is 12.7 Å². The first-order chi connectivity index (χ1) is 15.0. The van der Waals surface area contributed by atoms with E-state index in [0.717, 1.165) is 11.1 Å². The smallest absolute Gasteiger partial charge is 0.277 e. The number of nitrogens with one attached hydrogen (secondary N) is 1. The van der Waals surface area contributed by atoms with Gasteiger partial charge in [-0.3, -0.25) is 9.59 Å². The molecule has 1 N–H and O–H groups in total. The lowest BCUT2D eigenvalue weighted by Crippen LogP contribution is -2.28. The number of anilines is 1. The third kappa shape index (κ3) is 3.50. The van der Waals surface area contributed by atoms with Gasteiger partial charge in [0.05, 0.1) is 5.69 Å². The maximum Gasteiger partial charge on any atom is 0.277 e. The molecule has 0 saturated carbocycles. The monoisotopic (exact) mass is 420 g/mol. The number of benzene rings is 2. The minimum atomic E-state index is -0.449. The predicted octanol–water partition coefficient (Wildman–Crippen LogP) is 2.98. The Morgan fingerprint density at radius 3 is 2.84 bits per heavy atom. The van der Waals surface area contributed by atoms with E-state index < -0.39 is 11.7 Å². The summed E-state index contributed by atoms with van der Waals surface area (Å²) in [4.78, 5) is 25.3. The highest BCUT2D eigenvalue weighted by Gasteiger charge is 2.16. The molecule has 2 aromatic carbocycles. The van der Waals surface area contributed by atoms with Crippen molar-refractivity contribution in [1.29, 1.82) is 0 Å². The van der Waals surface area contributed by atoms with Gasteiger partial charge in [-0.1, -0.05) is 6.07 Å². The van der Waals surface area contributed by atoms with Crippen molar-refractivity contribution >= 4 is 17.1 Å². The van der Waals surface area contributed by atoms with E-state index >= 15 is 0 Å². The molecule has 0 spiro atoms. The maximum absolute atomic E-state index is 13.4. The zero-order chi connectivity index (χ0) is 21.5. The molecule has 5 rings (SSSR count). The van der Waals surface area contributed by atoms with E-state index in [2.05, 4.69) is 10.4 Å². The first kappa shape index (κ1) is 18.9. The van der Waals surface area contributed by atoms with Crippen LogP contribution in [0.4, 0.5) is 10.1 Å². The summed E-state index contributed by atoms with van der Waals surface area (Å²) in [5, 5.41) is 7.09. The molecule has 0 fully saturated rings. The average molecular weight is 420 g/mol. The fourth-order valence-electron chi connectivity index (χ4n) is 3.42. The largest absolute Gasteiger partial charge is 0.454 e. The highest BCUT2D eigenvalue weighted by atomic mass is 19.1. The van der Waals surface area contributed by atoms with Gasteiger partial charge in [-0.25, -0.2) is 8.91 Å². The van der Waals surface area contributed by atoms with Gasteiger partial charge in [0.1, 0.15) is 17.9 Å². The lowest BCUT2D eigenvalue weighted by atomic mass is 10.1. The Kier molecular flexibility index (Phi) is 4.43. The van der Waals surface area contributed by atoms with Crippen LogP contribution in [-0.4, -0.2) is 26.9 Å². The van der Waals surface area contributed by atoms with E-state index in [0.29, 0.717) is 28.4 Å². The molecule has 31 heavy (non-hydrogen) atoms. The van der Waals surface area contributed by atoms with Crippen LogP contribution in [0.5, 0.6) is 11.5 Å². The van der Waals surface area contributed by atoms with Crippen molar-refractivity contribution in [1.82, 2.24) is 14.2 Å². The van der Waals surface area contributed by atoms with Gasteiger partial charge >= 0.3 is 0 Å². The second-order valence-electron chi connectivity index (χ2n) is 7.17. The molecular formula is C22H17FN4O4. The molecule has 4 aromatic rings. The summed E-state index contributed by atoms with van der Waals surface area (Å²) >= 11 is 0. The van der Waals surface area contributed by atoms with Gasteiger partial charge in [0.15, 0.2) is 11.5 Å². The predicted molar refractivity (Wildman–Crippen MR) is 111 cm³/mol. The number of hydrogen-bond acceptors (Lipinski definition) is 5. The number of hydrogen-bond donors (Lipinski definition) is 1. The number of amides is 1. The molecule has 0 unspecified atom stereocenters. The van der Waals surface area contributed by atoms with Gasteiger partial charge in [-0.2, -0.15) is 5.10 Å². The zero-order valence-corrected chi connectivity index (χ0v) is 16.5. The first-order valence-corrected chi connectivity index (χ1v) is 9.53. The lowest BCUT2D eigenvalue weighted by molar-refractivity contribution is -0.116. The Morgan fingerprint density at radius 2 is 1.97 bits per heavy atom. The lowest BCUT2D eigenvalue weighted by Gasteiger charge is -2.10. The van der Waals surface area contributed by atoms with Crippen molar-refractivity contribution in [2.24, 2.45) is 0 Å². The van der Waals surface area contributed by atoms with Gasteiger partial charge in [0.2, 0.25) is 12.7 Å². The molecule has 1 aliphatic heterocycles. The van der Waals surface area contributed by atoms with E-state index in [1.807, 2.05) is 6.07 Å². The fraction of sp³-hybridized carbons (Fsp3) is 0.136. The van der Waals surface area contributed by atoms with Crippen molar-refractivity contribution in [2.45, 2.75) is 13.5 Å². The van der Waals surface area contributed by atoms with E-state index in [1.54, 1.807) is 37.4 Å². The second kappa shape index (κ2) is 7.28. The van der Waals surface area contributed by atoms with Gasteiger partial charge in [0, 0.05) is 23.6 Å². The van der Waals surface area contributed by atoms with Crippen LogP contribution >= 0.6 is 0 Å². The van der Waals surface area contributed by atoms with Gasteiger partial charge in [0.25, 0.3) is 5.56 Å². The quantitative estimate of drug-likeness (QED) is 0.549. The molecule has 1 amide bonds. The molecule has 0 atom stereocenters. The van der Waals surface area contributed by atoms with Crippen molar-refractivity contribution < 1.29 is 18.7 Å². The minimum absolute atomic E-state index is 0.172. The fourth-order valence-corrected chi connectivity index (χ4v) is 3.42. The highest BCUT2D eigenvalue weighted by Crippen LogP contribution is 2.35. The number of halogens is 1. The zero-order valence-electron chi connectivity index (χ0n) is 16.5. The van der Waals surface area contributed by atoms with E-state index in [-0.39, 0.29) is 18.9 Å². The molecule has 1 aliphatic rings. The van der Waals surface area contributed by atoms with Crippen LogP contribution < -0.4 is 20.3 Å². The molecule has 3 heterocycles. The average Bonchev–Trinajstić information content (AvgIpc) is 3.39. The Balaban J connectivity index is 1.42. The van der Waals surface area contributed by atoms with Crippen molar-refractivity contribution in [3.8, 4) is 22.8 Å². The van der Waals surface area contributed by atoms with Crippen LogP contribution in [0.3, 0.4) is 0 Å². The van der Waals surface area contributed by atoms with E-state index in [4.69, 9.17) is 9.47 Å². The second-order valence-corrected chi connectivity index (χ2v) is 7.17. The number of aryl methyl sites for hydroxylation is 1. The van der Waals surface area contributed by atoms with Crippen LogP contribution in [0.2, 0.25) is 0 Å². The Labute approximate surface area is 175 Å². The number of aromatic nitrogens is 3. The number of fused-ring (bicyclic) bond motifs is 2. The first-order valence-electron chi connectivity index (χ1n) is 9.53. The van der Waals surface area contributed by atoms with Gasteiger partial charge < -0.3 is 19.4 Å². The number of rotatable bonds is 4. The molecule has 2 aromatic heterocycles. The number of carbonyl (C=O) groups excluding carboxylic acids is 1.